The summed E-state index contributed by atoms with van der Waals surface area (Å²) in [5, 5.41) is 17.7. The number of ether oxygens (including phenoxy) is 2. The van der Waals surface area contributed by atoms with Crippen LogP contribution in [0.15, 0.2) is 30.3 Å². The van der Waals surface area contributed by atoms with E-state index in [-0.39, 0.29) is 17.8 Å². The molecule has 1 amide bonds. The first kappa shape index (κ1) is 27.4. The maximum Gasteiger partial charge on any atom is 0.306 e. The standard InChI is InChI=1S/C29H34N4O4S/c1-4-36-25-8-6-5-7-21(25)10-13-27(34)31-29-24(17-30)23-12-9-20(16-26(23)38-29)18-37-28(35)14-11-22-15-19(2)32-33(22)3/h5-8,15,20H,4,9-14,16,18H2,1-3H3,(H,31,34). The summed E-state index contributed by atoms with van der Waals surface area (Å²) in [5.74, 6) is 0.665. The van der Waals surface area contributed by atoms with Crippen molar-refractivity contribution in [3.8, 4) is 11.8 Å². The summed E-state index contributed by atoms with van der Waals surface area (Å²) < 4.78 is 13.0. The number of aromatic nitrogens is 2. The fourth-order valence-corrected chi connectivity index (χ4v) is 6.19. The highest BCUT2D eigenvalue weighted by Gasteiger charge is 2.27. The number of amides is 1. The Morgan fingerprint density at radius 1 is 1.26 bits per heavy atom. The van der Waals surface area contributed by atoms with Gasteiger partial charge in [0.15, 0.2) is 0 Å². The number of carbonyl (C=O) groups is 2. The number of benzene rings is 1. The van der Waals surface area contributed by atoms with Gasteiger partial charge in [0.05, 0.1) is 30.9 Å². The molecule has 8 nitrogen and oxygen atoms in total. The van der Waals surface area contributed by atoms with Crippen molar-refractivity contribution in [3.05, 3.63) is 63.3 Å². The zero-order valence-corrected chi connectivity index (χ0v) is 23.0. The number of nitrogens with one attached hydrogen (secondary N) is 1. The fraction of sp³-hybridized carbons (Fsp3) is 0.448. The van der Waals surface area contributed by atoms with E-state index in [1.807, 2.05) is 51.2 Å². The van der Waals surface area contributed by atoms with Gasteiger partial charge in [0.2, 0.25) is 5.91 Å². The molecule has 1 aliphatic rings. The predicted octanol–water partition coefficient (Wildman–Crippen LogP) is 4.91. The van der Waals surface area contributed by atoms with Gasteiger partial charge in [0, 0.05) is 24.0 Å². The number of fused-ring (bicyclic) bond motifs is 1. The molecular weight excluding hydrogens is 500 g/mol. The Morgan fingerprint density at radius 3 is 2.82 bits per heavy atom. The highest BCUT2D eigenvalue weighted by molar-refractivity contribution is 7.16. The Hall–Kier alpha value is -3.64. The zero-order chi connectivity index (χ0) is 27.1. The molecule has 0 bridgehead atoms. The van der Waals surface area contributed by atoms with Crippen LogP contribution in [0, 0.1) is 24.2 Å². The molecule has 200 valence electrons. The molecule has 1 aliphatic carbocycles. The van der Waals surface area contributed by atoms with Crippen molar-refractivity contribution in [2.45, 2.75) is 58.8 Å². The van der Waals surface area contributed by atoms with Gasteiger partial charge in [-0.25, -0.2) is 0 Å². The molecule has 0 fully saturated rings. The molecule has 0 spiro atoms. The van der Waals surface area contributed by atoms with E-state index in [9.17, 15) is 14.9 Å². The summed E-state index contributed by atoms with van der Waals surface area (Å²) in [5.41, 5.74) is 4.52. The lowest BCUT2D eigenvalue weighted by Crippen LogP contribution is -2.20. The maximum absolute atomic E-state index is 12.7. The number of anilines is 1. The number of aryl methyl sites for hydroxylation is 4. The molecule has 38 heavy (non-hydrogen) atoms. The molecule has 2 heterocycles. The molecular formula is C29H34N4O4S. The number of rotatable bonds is 11. The lowest BCUT2D eigenvalue weighted by atomic mass is 9.88. The first-order valence-electron chi connectivity index (χ1n) is 13.1. The van der Waals surface area contributed by atoms with E-state index in [1.54, 1.807) is 4.68 Å². The van der Waals surface area contributed by atoms with Gasteiger partial charge in [-0.05, 0) is 75.1 Å². The van der Waals surface area contributed by atoms with Crippen LogP contribution < -0.4 is 10.1 Å². The van der Waals surface area contributed by atoms with Crippen molar-refractivity contribution in [3.63, 3.8) is 0 Å². The van der Waals surface area contributed by atoms with Gasteiger partial charge < -0.3 is 14.8 Å². The average Bonchev–Trinajstić information content (AvgIpc) is 3.42. The van der Waals surface area contributed by atoms with Crippen LogP contribution in [0.2, 0.25) is 0 Å². The van der Waals surface area contributed by atoms with Gasteiger partial charge in [-0.2, -0.15) is 10.4 Å². The first-order valence-corrected chi connectivity index (χ1v) is 13.9. The summed E-state index contributed by atoms with van der Waals surface area (Å²) in [6, 6.07) is 12.0. The van der Waals surface area contributed by atoms with Crippen LogP contribution in [0.4, 0.5) is 5.00 Å². The van der Waals surface area contributed by atoms with Gasteiger partial charge in [-0.3, -0.25) is 14.3 Å². The van der Waals surface area contributed by atoms with E-state index < -0.39 is 0 Å². The van der Waals surface area contributed by atoms with Gasteiger partial charge >= 0.3 is 5.97 Å². The van der Waals surface area contributed by atoms with E-state index in [2.05, 4.69) is 16.5 Å². The topological polar surface area (TPSA) is 106 Å². The summed E-state index contributed by atoms with van der Waals surface area (Å²) in [4.78, 5) is 26.2. The van der Waals surface area contributed by atoms with Crippen LogP contribution in [-0.4, -0.2) is 34.9 Å². The number of esters is 1. The van der Waals surface area contributed by atoms with Crippen molar-refractivity contribution < 1.29 is 19.1 Å². The third-order valence-corrected chi connectivity index (χ3v) is 7.96. The molecule has 9 heteroatoms. The minimum Gasteiger partial charge on any atom is -0.494 e. The maximum atomic E-state index is 12.7. The second-order valence-corrected chi connectivity index (χ2v) is 10.7. The molecule has 0 saturated carbocycles. The van der Waals surface area contributed by atoms with Gasteiger partial charge in [-0.1, -0.05) is 18.2 Å². The first-order chi connectivity index (χ1) is 18.4. The Morgan fingerprint density at radius 2 is 2.08 bits per heavy atom. The van der Waals surface area contributed by atoms with Gasteiger partial charge in [0.25, 0.3) is 0 Å². The van der Waals surface area contributed by atoms with E-state index in [1.165, 1.54) is 11.3 Å². The van der Waals surface area contributed by atoms with Crippen molar-refractivity contribution in [1.82, 2.24) is 9.78 Å². The molecule has 4 rings (SSSR count). The summed E-state index contributed by atoms with van der Waals surface area (Å²) in [6.07, 6.45) is 4.09. The van der Waals surface area contributed by atoms with Crippen LogP contribution >= 0.6 is 11.3 Å². The van der Waals surface area contributed by atoms with Crippen molar-refractivity contribution >= 4 is 28.2 Å². The van der Waals surface area contributed by atoms with Gasteiger partial charge in [-0.15, -0.1) is 11.3 Å². The van der Waals surface area contributed by atoms with Gasteiger partial charge in [0.1, 0.15) is 16.8 Å². The van der Waals surface area contributed by atoms with Crippen LogP contribution in [0.1, 0.15) is 59.1 Å². The van der Waals surface area contributed by atoms with E-state index >= 15 is 0 Å². The lowest BCUT2D eigenvalue weighted by Gasteiger charge is -2.21. The SMILES string of the molecule is CCOc1ccccc1CCC(=O)Nc1sc2c(c1C#N)CCC(COC(=O)CCc1cc(C)nn1C)C2. The largest absolute Gasteiger partial charge is 0.494 e. The third-order valence-electron chi connectivity index (χ3n) is 6.79. The smallest absolute Gasteiger partial charge is 0.306 e. The normalized spacial score (nSPS) is 14.4. The number of thiophene rings is 1. The Bertz CT molecular complexity index is 1340. The second kappa shape index (κ2) is 12.7. The van der Waals surface area contributed by atoms with Crippen LogP contribution in [0.5, 0.6) is 5.75 Å². The van der Waals surface area contributed by atoms with Crippen LogP contribution in [0.3, 0.4) is 0 Å². The van der Waals surface area contributed by atoms with Crippen LogP contribution in [-0.2, 0) is 47.1 Å². The molecule has 1 N–H and O–H groups in total. The molecule has 2 aromatic heterocycles. The minimum absolute atomic E-state index is 0.125. The van der Waals surface area contributed by atoms with E-state index in [0.717, 1.165) is 52.4 Å². The molecule has 0 radical (unpaired) electrons. The minimum atomic E-state index is -0.211. The number of nitriles is 1. The van der Waals surface area contributed by atoms with Crippen molar-refractivity contribution in [2.24, 2.45) is 13.0 Å². The third kappa shape index (κ3) is 6.81. The monoisotopic (exact) mass is 534 g/mol. The Labute approximate surface area is 227 Å². The number of hydrogen-bond donors (Lipinski definition) is 1. The Balaban J connectivity index is 1.29. The zero-order valence-electron chi connectivity index (χ0n) is 22.2. The van der Waals surface area contributed by atoms with Crippen LogP contribution in [0.25, 0.3) is 0 Å². The molecule has 1 aromatic carbocycles. The lowest BCUT2D eigenvalue weighted by molar-refractivity contribution is -0.145. The van der Waals surface area contributed by atoms with E-state index in [0.29, 0.717) is 49.5 Å². The number of hydrogen-bond acceptors (Lipinski definition) is 7. The fourth-order valence-electron chi connectivity index (χ4n) is 4.86. The number of para-hydroxylation sites is 1. The van der Waals surface area contributed by atoms with Crippen molar-refractivity contribution in [2.75, 3.05) is 18.5 Å². The Kier molecular flexibility index (Phi) is 9.19. The molecule has 0 saturated heterocycles. The molecule has 1 atom stereocenters. The quantitative estimate of drug-likeness (QED) is 0.350. The highest BCUT2D eigenvalue weighted by Crippen LogP contribution is 2.39. The number of carbonyl (C=O) groups excluding carboxylic acids is 2. The summed E-state index contributed by atoms with van der Waals surface area (Å²) in [7, 11) is 1.88. The van der Waals surface area contributed by atoms with Crippen molar-refractivity contribution in [1.29, 1.82) is 5.26 Å². The molecule has 1 unspecified atom stereocenters. The highest BCUT2D eigenvalue weighted by atomic mass is 32.1. The van der Waals surface area contributed by atoms with E-state index in [4.69, 9.17) is 9.47 Å². The molecule has 0 aliphatic heterocycles. The number of nitrogens with zero attached hydrogens (tertiary/aromatic N) is 3. The summed E-state index contributed by atoms with van der Waals surface area (Å²) >= 11 is 1.47. The summed E-state index contributed by atoms with van der Waals surface area (Å²) in [6.45, 7) is 4.80. The second-order valence-electron chi connectivity index (χ2n) is 9.60. The molecule has 3 aromatic rings. The average molecular weight is 535 g/mol. The predicted molar refractivity (Wildman–Crippen MR) is 146 cm³/mol.